The van der Waals surface area contributed by atoms with E-state index in [4.69, 9.17) is 5.73 Å². The maximum Gasteiger partial charge on any atom is 0.130 e. The molecule has 1 atom stereocenters. The van der Waals surface area contributed by atoms with Crippen molar-refractivity contribution in [3.05, 3.63) is 35.9 Å². The van der Waals surface area contributed by atoms with Gasteiger partial charge in [0, 0.05) is 12.2 Å². The first-order valence-electron chi connectivity index (χ1n) is 6.17. The third-order valence-electron chi connectivity index (χ3n) is 3.69. The van der Waals surface area contributed by atoms with Crippen LogP contribution in [-0.2, 0) is 6.54 Å². The molecule has 1 saturated heterocycles. The Morgan fingerprint density at radius 3 is 3.06 bits per heavy atom. The summed E-state index contributed by atoms with van der Waals surface area (Å²) < 4.78 is 2.21. The number of aromatic nitrogens is 2. The van der Waals surface area contributed by atoms with Crippen LogP contribution in [0.2, 0.25) is 0 Å². The van der Waals surface area contributed by atoms with Gasteiger partial charge in [-0.1, -0.05) is 6.07 Å². The molecule has 0 aromatic carbocycles. The topological polar surface area (TPSA) is 46.6 Å². The van der Waals surface area contributed by atoms with Crippen LogP contribution in [0.4, 0.5) is 0 Å². The highest BCUT2D eigenvalue weighted by atomic mass is 15.2. The van der Waals surface area contributed by atoms with Gasteiger partial charge < -0.3 is 5.73 Å². The molecule has 2 aromatic heterocycles. The molecule has 0 spiro atoms. The van der Waals surface area contributed by atoms with Crippen LogP contribution in [0.1, 0.15) is 30.4 Å². The van der Waals surface area contributed by atoms with Crippen LogP contribution < -0.4 is 5.73 Å². The Bertz CT molecular complexity index is 531. The summed E-state index contributed by atoms with van der Waals surface area (Å²) >= 11 is 0. The molecule has 0 bridgehead atoms. The molecule has 4 nitrogen and oxygen atoms in total. The van der Waals surface area contributed by atoms with Crippen LogP contribution in [0.25, 0.3) is 5.52 Å². The molecule has 90 valence electrons. The number of nitrogens with two attached hydrogens (primary N) is 1. The van der Waals surface area contributed by atoms with Gasteiger partial charge in [-0.15, -0.1) is 0 Å². The van der Waals surface area contributed by atoms with Crippen molar-refractivity contribution >= 4 is 5.52 Å². The lowest BCUT2D eigenvalue weighted by atomic mass is 10.2. The second-order valence-electron chi connectivity index (χ2n) is 4.74. The predicted molar refractivity (Wildman–Crippen MR) is 67.7 cm³/mol. The van der Waals surface area contributed by atoms with Gasteiger partial charge in [0.2, 0.25) is 0 Å². The molecule has 0 radical (unpaired) electrons. The molecule has 2 aromatic rings. The summed E-state index contributed by atoms with van der Waals surface area (Å²) in [6, 6.07) is 6.64. The highest BCUT2D eigenvalue weighted by Crippen LogP contribution is 2.30. The third-order valence-corrected chi connectivity index (χ3v) is 3.69. The molecule has 0 amide bonds. The van der Waals surface area contributed by atoms with Crippen molar-refractivity contribution in [3.63, 3.8) is 0 Å². The number of rotatable bonds is 2. The first-order valence-corrected chi connectivity index (χ1v) is 6.17. The predicted octanol–water partition coefficient (Wildman–Crippen LogP) is 1.56. The maximum atomic E-state index is 5.82. The number of pyridine rings is 1. The van der Waals surface area contributed by atoms with Gasteiger partial charge in [0.1, 0.15) is 5.82 Å². The Hall–Kier alpha value is -1.39. The van der Waals surface area contributed by atoms with E-state index in [1.54, 1.807) is 0 Å². The van der Waals surface area contributed by atoms with E-state index in [0.29, 0.717) is 12.6 Å². The van der Waals surface area contributed by atoms with E-state index in [1.165, 1.54) is 12.8 Å². The summed E-state index contributed by atoms with van der Waals surface area (Å²) in [4.78, 5) is 6.98. The number of nitrogens with zero attached hydrogens (tertiary/aromatic N) is 3. The first kappa shape index (κ1) is 10.7. The zero-order valence-electron chi connectivity index (χ0n) is 10.1. The van der Waals surface area contributed by atoms with Gasteiger partial charge in [-0.3, -0.25) is 9.30 Å². The minimum absolute atomic E-state index is 0.435. The number of imidazole rings is 1. The molecule has 17 heavy (non-hydrogen) atoms. The van der Waals surface area contributed by atoms with Gasteiger partial charge in [-0.2, -0.15) is 0 Å². The fraction of sp³-hybridized carbons (Fsp3) is 0.462. The summed E-state index contributed by atoms with van der Waals surface area (Å²) in [5.41, 5.74) is 8.09. The van der Waals surface area contributed by atoms with Crippen molar-refractivity contribution in [1.29, 1.82) is 0 Å². The van der Waals surface area contributed by atoms with Crippen LogP contribution in [0.5, 0.6) is 0 Å². The average molecular weight is 230 g/mol. The van der Waals surface area contributed by atoms with Crippen molar-refractivity contribution in [2.24, 2.45) is 5.73 Å². The highest BCUT2D eigenvalue weighted by molar-refractivity contribution is 5.48. The zero-order valence-corrected chi connectivity index (χ0v) is 10.1. The SMILES string of the molecule is CN1CCCC1c1ncc2cccc(CN)n12. The first-order chi connectivity index (χ1) is 8.31. The second kappa shape index (κ2) is 4.13. The molecule has 0 aliphatic carbocycles. The Balaban J connectivity index is 2.16. The van der Waals surface area contributed by atoms with Crippen LogP contribution in [0.15, 0.2) is 24.4 Å². The van der Waals surface area contributed by atoms with E-state index >= 15 is 0 Å². The Labute approximate surface area is 101 Å². The van der Waals surface area contributed by atoms with E-state index in [2.05, 4.69) is 33.5 Å². The zero-order chi connectivity index (χ0) is 11.8. The summed E-state index contributed by atoms with van der Waals surface area (Å²) in [6.07, 6.45) is 4.38. The summed E-state index contributed by atoms with van der Waals surface area (Å²) in [5.74, 6) is 1.14. The van der Waals surface area contributed by atoms with Gasteiger partial charge in [0.05, 0.1) is 17.8 Å². The molecule has 1 aliphatic rings. The summed E-state index contributed by atoms with van der Waals surface area (Å²) in [7, 11) is 2.17. The van der Waals surface area contributed by atoms with Gasteiger partial charge in [0.25, 0.3) is 0 Å². The summed E-state index contributed by atoms with van der Waals surface area (Å²) in [5, 5.41) is 0. The number of likely N-dealkylation sites (tertiary alicyclic amines) is 1. The number of hydrogen-bond acceptors (Lipinski definition) is 3. The lowest BCUT2D eigenvalue weighted by Gasteiger charge is -2.19. The molecular formula is C13H18N4. The van der Waals surface area contributed by atoms with Gasteiger partial charge in [-0.25, -0.2) is 4.98 Å². The van der Waals surface area contributed by atoms with Gasteiger partial charge in [-0.05, 0) is 38.6 Å². The second-order valence-corrected chi connectivity index (χ2v) is 4.74. The normalized spacial score (nSPS) is 21.4. The van der Waals surface area contributed by atoms with Crippen LogP contribution in [0.3, 0.4) is 0 Å². The van der Waals surface area contributed by atoms with E-state index < -0.39 is 0 Å². The Morgan fingerprint density at radius 2 is 2.35 bits per heavy atom. The lowest BCUT2D eigenvalue weighted by molar-refractivity contribution is 0.304. The quantitative estimate of drug-likeness (QED) is 0.851. The summed E-state index contributed by atoms with van der Waals surface area (Å²) in [6.45, 7) is 1.71. The minimum Gasteiger partial charge on any atom is -0.325 e. The van der Waals surface area contributed by atoms with Crippen LogP contribution in [-0.4, -0.2) is 27.9 Å². The smallest absolute Gasteiger partial charge is 0.130 e. The molecule has 3 heterocycles. The Kier molecular flexibility index (Phi) is 2.61. The largest absolute Gasteiger partial charge is 0.325 e. The lowest BCUT2D eigenvalue weighted by Crippen LogP contribution is -2.20. The fourth-order valence-corrected chi connectivity index (χ4v) is 2.77. The molecule has 3 rings (SSSR count). The maximum absolute atomic E-state index is 5.82. The molecule has 0 saturated carbocycles. The third kappa shape index (κ3) is 1.64. The van der Waals surface area contributed by atoms with Crippen molar-refractivity contribution < 1.29 is 0 Å². The van der Waals surface area contributed by atoms with E-state index in [1.807, 2.05) is 12.3 Å². The molecule has 2 N–H and O–H groups in total. The number of fused-ring (bicyclic) bond motifs is 1. The average Bonchev–Trinajstić information content (AvgIpc) is 2.94. The van der Waals surface area contributed by atoms with Crippen LogP contribution >= 0.6 is 0 Å². The van der Waals surface area contributed by atoms with Crippen molar-refractivity contribution in [2.45, 2.75) is 25.4 Å². The van der Waals surface area contributed by atoms with Gasteiger partial charge >= 0.3 is 0 Å². The highest BCUT2D eigenvalue weighted by Gasteiger charge is 2.26. The van der Waals surface area contributed by atoms with Crippen molar-refractivity contribution in [3.8, 4) is 0 Å². The van der Waals surface area contributed by atoms with Crippen molar-refractivity contribution in [2.75, 3.05) is 13.6 Å². The van der Waals surface area contributed by atoms with Crippen LogP contribution in [0, 0.1) is 0 Å². The monoisotopic (exact) mass is 230 g/mol. The molecule has 1 fully saturated rings. The molecule has 1 aliphatic heterocycles. The van der Waals surface area contributed by atoms with Crippen molar-refractivity contribution in [1.82, 2.24) is 14.3 Å². The van der Waals surface area contributed by atoms with E-state index in [-0.39, 0.29) is 0 Å². The molecule has 4 heteroatoms. The van der Waals surface area contributed by atoms with Gasteiger partial charge in [0.15, 0.2) is 0 Å². The standard InChI is InChI=1S/C13H18N4/c1-16-7-3-6-12(16)13-15-9-11-5-2-4-10(8-14)17(11)13/h2,4-5,9,12H,3,6-8,14H2,1H3. The Morgan fingerprint density at radius 1 is 1.47 bits per heavy atom. The molecule has 1 unspecified atom stereocenters. The van der Waals surface area contributed by atoms with E-state index in [0.717, 1.165) is 23.6 Å². The molecular weight excluding hydrogens is 212 g/mol. The number of hydrogen-bond donors (Lipinski definition) is 1. The minimum atomic E-state index is 0.435. The fourth-order valence-electron chi connectivity index (χ4n) is 2.77. The van der Waals surface area contributed by atoms with E-state index in [9.17, 15) is 0 Å².